The first-order chi connectivity index (χ1) is 6.92. The quantitative estimate of drug-likeness (QED) is 0.446. The smallest absolute Gasteiger partial charge is 0.156 e. The number of hydrogen-bond acceptors (Lipinski definition) is 3. The molecule has 1 N–H and O–H groups in total. The van der Waals surface area contributed by atoms with E-state index >= 15 is 0 Å². The fourth-order valence-corrected chi connectivity index (χ4v) is 1.26. The van der Waals surface area contributed by atoms with E-state index in [9.17, 15) is 0 Å². The summed E-state index contributed by atoms with van der Waals surface area (Å²) in [6.45, 7) is 0. The molecule has 0 atom stereocenters. The summed E-state index contributed by atoms with van der Waals surface area (Å²) in [5.41, 5.74) is 1.26. The van der Waals surface area contributed by atoms with Gasteiger partial charge in [-0.3, -0.25) is 0 Å². The van der Waals surface area contributed by atoms with Crippen molar-refractivity contribution >= 4 is 5.71 Å². The molecular weight excluding hydrogens is 178 g/mol. The van der Waals surface area contributed by atoms with E-state index in [1.54, 1.807) is 18.4 Å². The molecule has 0 amide bonds. The molecule has 70 valence electrons. The van der Waals surface area contributed by atoms with Crippen molar-refractivity contribution in [3.63, 3.8) is 0 Å². The van der Waals surface area contributed by atoms with E-state index in [1.165, 1.54) is 0 Å². The van der Waals surface area contributed by atoms with Crippen LogP contribution < -0.4 is 0 Å². The van der Waals surface area contributed by atoms with Gasteiger partial charge in [0.05, 0.1) is 6.26 Å². The minimum atomic E-state index is 0.440. The fraction of sp³-hybridized carbons (Fsp3) is 0. The van der Waals surface area contributed by atoms with E-state index in [-0.39, 0.29) is 0 Å². The van der Waals surface area contributed by atoms with Crippen molar-refractivity contribution in [2.45, 2.75) is 0 Å². The van der Waals surface area contributed by atoms with E-state index in [0.717, 1.165) is 5.56 Å². The summed E-state index contributed by atoms with van der Waals surface area (Å²) in [5, 5.41) is 12.1. The maximum Gasteiger partial charge on any atom is 0.156 e. The van der Waals surface area contributed by atoms with Crippen LogP contribution in [0.1, 0.15) is 11.3 Å². The predicted octanol–water partition coefficient (Wildman–Crippen LogP) is 2.51. The number of oxime groups is 1. The van der Waals surface area contributed by atoms with Crippen LogP contribution in [0.3, 0.4) is 0 Å². The van der Waals surface area contributed by atoms with E-state index in [0.29, 0.717) is 11.5 Å². The molecule has 1 aromatic carbocycles. The van der Waals surface area contributed by atoms with Crippen molar-refractivity contribution in [1.82, 2.24) is 0 Å². The average Bonchev–Trinajstić information content (AvgIpc) is 2.74. The van der Waals surface area contributed by atoms with Crippen LogP contribution in [0.2, 0.25) is 0 Å². The lowest BCUT2D eigenvalue weighted by atomic mass is 10.1. The van der Waals surface area contributed by atoms with Gasteiger partial charge in [0.1, 0.15) is 0 Å². The maximum absolute atomic E-state index is 8.88. The van der Waals surface area contributed by atoms with Crippen LogP contribution in [0, 0.1) is 0 Å². The van der Waals surface area contributed by atoms with Gasteiger partial charge in [-0.25, -0.2) is 0 Å². The molecule has 0 unspecified atom stereocenters. The van der Waals surface area contributed by atoms with Gasteiger partial charge in [-0.2, -0.15) is 0 Å². The average molecular weight is 187 g/mol. The second kappa shape index (κ2) is 3.79. The number of benzene rings is 1. The van der Waals surface area contributed by atoms with Gasteiger partial charge in [-0.15, -0.1) is 0 Å². The number of rotatable bonds is 2. The largest absolute Gasteiger partial charge is 0.463 e. The van der Waals surface area contributed by atoms with Gasteiger partial charge in [0, 0.05) is 5.56 Å². The third-order valence-electron chi connectivity index (χ3n) is 1.90. The molecule has 14 heavy (non-hydrogen) atoms. The third-order valence-corrected chi connectivity index (χ3v) is 1.90. The Bertz CT molecular complexity index is 418. The first kappa shape index (κ1) is 8.56. The second-order valence-corrected chi connectivity index (χ2v) is 2.79. The Balaban J connectivity index is 2.43. The normalized spacial score (nSPS) is 11.6. The summed E-state index contributed by atoms with van der Waals surface area (Å²) in [6, 6.07) is 12.9. The molecule has 0 bridgehead atoms. The highest BCUT2D eigenvalue weighted by atomic mass is 16.4. The van der Waals surface area contributed by atoms with Gasteiger partial charge in [0.25, 0.3) is 0 Å². The highest BCUT2D eigenvalue weighted by Crippen LogP contribution is 2.10. The molecule has 0 aliphatic heterocycles. The number of nitrogens with zero attached hydrogens (tertiary/aromatic N) is 1. The van der Waals surface area contributed by atoms with Gasteiger partial charge < -0.3 is 9.62 Å². The highest BCUT2D eigenvalue weighted by molar-refractivity contribution is 6.10. The van der Waals surface area contributed by atoms with Crippen LogP contribution in [0.15, 0.2) is 58.3 Å². The van der Waals surface area contributed by atoms with Crippen molar-refractivity contribution in [2.75, 3.05) is 0 Å². The molecule has 1 heterocycles. The second-order valence-electron chi connectivity index (χ2n) is 2.79. The molecule has 0 aliphatic rings. The van der Waals surface area contributed by atoms with E-state index in [1.807, 2.05) is 30.3 Å². The van der Waals surface area contributed by atoms with Gasteiger partial charge in [-0.1, -0.05) is 35.5 Å². The summed E-state index contributed by atoms with van der Waals surface area (Å²) in [4.78, 5) is 0. The topological polar surface area (TPSA) is 45.7 Å². The molecular formula is C11H9NO2. The van der Waals surface area contributed by atoms with Crippen molar-refractivity contribution in [3.8, 4) is 0 Å². The molecule has 0 spiro atoms. The molecule has 2 rings (SSSR count). The Morgan fingerprint density at radius 2 is 1.86 bits per heavy atom. The summed E-state index contributed by atoms with van der Waals surface area (Å²) in [7, 11) is 0. The first-order valence-electron chi connectivity index (χ1n) is 4.23. The van der Waals surface area contributed by atoms with Gasteiger partial charge in [0.15, 0.2) is 11.5 Å². The molecule has 0 saturated heterocycles. The molecule has 0 radical (unpaired) electrons. The van der Waals surface area contributed by atoms with E-state index in [4.69, 9.17) is 9.62 Å². The lowest BCUT2D eigenvalue weighted by molar-refractivity contribution is 0.318. The van der Waals surface area contributed by atoms with E-state index < -0.39 is 0 Å². The number of hydrogen-bond donors (Lipinski definition) is 1. The van der Waals surface area contributed by atoms with Crippen LogP contribution in [0.25, 0.3) is 0 Å². The number of furan rings is 1. The molecule has 3 heteroatoms. The highest BCUT2D eigenvalue weighted by Gasteiger charge is 2.08. The Labute approximate surface area is 81.3 Å². The molecule has 0 saturated carbocycles. The predicted molar refractivity (Wildman–Crippen MR) is 52.6 cm³/mol. The Morgan fingerprint density at radius 1 is 1.07 bits per heavy atom. The van der Waals surface area contributed by atoms with Crippen LogP contribution in [0.4, 0.5) is 0 Å². The summed E-state index contributed by atoms with van der Waals surface area (Å²) < 4.78 is 5.15. The van der Waals surface area contributed by atoms with Gasteiger partial charge >= 0.3 is 0 Å². The van der Waals surface area contributed by atoms with Crippen molar-refractivity contribution in [2.24, 2.45) is 5.16 Å². The molecule has 2 aromatic rings. The summed E-state index contributed by atoms with van der Waals surface area (Å²) in [5.74, 6) is 0.554. The van der Waals surface area contributed by atoms with E-state index in [2.05, 4.69) is 5.16 Å². The third kappa shape index (κ3) is 1.52. The van der Waals surface area contributed by atoms with Crippen LogP contribution in [0.5, 0.6) is 0 Å². The van der Waals surface area contributed by atoms with Crippen molar-refractivity contribution in [3.05, 3.63) is 60.1 Å². The lowest BCUT2D eigenvalue weighted by Crippen LogP contribution is -2.00. The monoisotopic (exact) mass is 187 g/mol. The Morgan fingerprint density at radius 3 is 2.43 bits per heavy atom. The van der Waals surface area contributed by atoms with Crippen LogP contribution in [-0.2, 0) is 0 Å². The lowest BCUT2D eigenvalue weighted by Gasteiger charge is -1.99. The minimum Gasteiger partial charge on any atom is -0.463 e. The Kier molecular flexibility index (Phi) is 2.32. The molecule has 3 nitrogen and oxygen atoms in total. The molecule has 0 fully saturated rings. The standard InChI is InChI=1S/C11H9NO2/c13-12-11(10-7-4-8-14-10)9-5-2-1-3-6-9/h1-8,13H. The summed E-state index contributed by atoms with van der Waals surface area (Å²) >= 11 is 0. The Hall–Kier alpha value is -2.03. The zero-order valence-electron chi connectivity index (χ0n) is 7.42. The maximum atomic E-state index is 8.88. The fourth-order valence-electron chi connectivity index (χ4n) is 1.26. The molecule has 1 aromatic heterocycles. The molecule has 0 aliphatic carbocycles. The van der Waals surface area contributed by atoms with Crippen molar-refractivity contribution in [1.29, 1.82) is 0 Å². The zero-order valence-corrected chi connectivity index (χ0v) is 7.42. The first-order valence-corrected chi connectivity index (χ1v) is 4.23. The SMILES string of the molecule is ON=C(c1ccccc1)c1ccco1. The van der Waals surface area contributed by atoms with Gasteiger partial charge in [-0.05, 0) is 12.1 Å². The van der Waals surface area contributed by atoms with Crippen LogP contribution >= 0.6 is 0 Å². The van der Waals surface area contributed by atoms with Crippen LogP contribution in [-0.4, -0.2) is 10.9 Å². The summed E-state index contributed by atoms with van der Waals surface area (Å²) in [6.07, 6.45) is 1.55. The van der Waals surface area contributed by atoms with Gasteiger partial charge in [0.2, 0.25) is 0 Å². The minimum absolute atomic E-state index is 0.440. The van der Waals surface area contributed by atoms with Crippen molar-refractivity contribution < 1.29 is 9.62 Å². The zero-order chi connectivity index (χ0) is 9.80.